The van der Waals surface area contributed by atoms with Crippen molar-refractivity contribution < 1.29 is 24.5 Å². The molecule has 1 atom stereocenters. The summed E-state index contributed by atoms with van der Waals surface area (Å²) in [6, 6.07) is 1.68. The zero-order valence-corrected chi connectivity index (χ0v) is 14.2. The first-order chi connectivity index (χ1) is 11.5. The number of carboxylic acids is 1. The maximum Gasteiger partial charge on any atom is 0.341 e. The average Bonchev–Trinajstić information content (AvgIpc) is 2.99. The average molecular weight is 336 g/mol. The van der Waals surface area contributed by atoms with E-state index < -0.39 is 5.97 Å². The smallest absolute Gasteiger partial charge is 0.341 e. The van der Waals surface area contributed by atoms with Crippen molar-refractivity contribution in [3.05, 3.63) is 29.7 Å². The van der Waals surface area contributed by atoms with E-state index in [1.54, 1.807) is 16.7 Å². The van der Waals surface area contributed by atoms with Crippen LogP contribution in [0.2, 0.25) is 0 Å². The van der Waals surface area contributed by atoms with E-state index in [1.165, 1.54) is 0 Å². The van der Waals surface area contributed by atoms with Crippen LogP contribution in [0, 0.1) is 0 Å². The number of ether oxygens (including phenoxy) is 2. The highest BCUT2D eigenvalue weighted by molar-refractivity contribution is 5.91. The number of aliphatic hydroxyl groups is 1. The maximum absolute atomic E-state index is 11.4. The Bertz CT molecular complexity index is 690. The Balaban J connectivity index is 0.00000100. The van der Waals surface area contributed by atoms with E-state index >= 15 is 0 Å². The second-order valence-corrected chi connectivity index (χ2v) is 5.81. The fourth-order valence-electron chi connectivity index (χ4n) is 2.68. The number of pyridine rings is 1. The van der Waals surface area contributed by atoms with Crippen molar-refractivity contribution in [1.29, 1.82) is 0 Å². The first-order valence-corrected chi connectivity index (χ1v) is 8.03. The molecule has 0 radical (unpaired) electrons. The van der Waals surface area contributed by atoms with Crippen LogP contribution in [-0.4, -0.2) is 45.4 Å². The molecule has 0 spiro atoms. The topological polar surface area (TPSA) is 93.3 Å². The van der Waals surface area contributed by atoms with Crippen molar-refractivity contribution in [2.24, 2.45) is 0 Å². The zero-order valence-electron chi connectivity index (χ0n) is 14.2. The van der Waals surface area contributed by atoms with E-state index in [4.69, 9.17) is 14.6 Å². The second-order valence-electron chi connectivity index (χ2n) is 5.81. The Morgan fingerprint density at radius 3 is 2.71 bits per heavy atom. The van der Waals surface area contributed by atoms with E-state index in [0.717, 1.165) is 38.7 Å². The number of carboxylic acid groups (broad SMARTS) is 1. The number of carbonyl (C=O) groups is 1. The molecule has 24 heavy (non-hydrogen) atoms. The predicted octanol–water partition coefficient (Wildman–Crippen LogP) is 2.67. The van der Waals surface area contributed by atoms with Gasteiger partial charge < -0.3 is 24.1 Å². The molecule has 2 aromatic rings. The number of rotatable bonds is 4. The van der Waals surface area contributed by atoms with Gasteiger partial charge in [-0.25, -0.2) is 9.78 Å². The van der Waals surface area contributed by atoms with Gasteiger partial charge in [-0.05, 0) is 33.1 Å². The number of aromatic nitrogens is 2. The van der Waals surface area contributed by atoms with Gasteiger partial charge in [-0.3, -0.25) is 0 Å². The van der Waals surface area contributed by atoms with Gasteiger partial charge in [0.2, 0.25) is 0 Å². The van der Waals surface area contributed by atoms with Gasteiger partial charge in [0.05, 0.1) is 11.8 Å². The summed E-state index contributed by atoms with van der Waals surface area (Å²) in [6.07, 6.45) is 6.45. The number of nitrogens with zero attached hydrogens (tertiary/aromatic N) is 2. The molecule has 132 valence electrons. The maximum atomic E-state index is 11.4. The van der Waals surface area contributed by atoms with Gasteiger partial charge in [0.25, 0.3) is 0 Å². The van der Waals surface area contributed by atoms with Crippen LogP contribution in [0.5, 0.6) is 5.75 Å². The molecule has 0 saturated carbocycles. The molecule has 0 bridgehead atoms. The van der Waals surface area contributed by atoms with E-state index in [-0.39, 0.29) is 17.8 Å². The van der Waals surface area contributed by atoms with Gasteiger partial charge >= 0.3 is 5.97 Å². The van der Waals surface area contributed by atoms with Crippen LogP contribution >= 0.6 is 0 Å². The van der Waals surface area contributed by atoms with Gasteiger partial charge in [0, 0.05) is 32.2 Å². The van der Waals surface area contributed by atoms with E-state index in [9.17, 15) is 9.90 Å². The van der Waals surface area contributed by atoms with Crippen LogP contribution in [-0.2, 0) is 4.74 Å². The van der Waals surface area contributed by atoms with Crippen molar-refractivity contribution >= 4 is 11.6 Å². The SMILES string of the molecule is CC(C)Oc1cc2nc(C3CCCCO3)cn2cc1C(=O)O.CO. The Morgan fingerprint density at radius 2 is 2.12 bits per heavy atom. The second kappa shape index (κ2) is 8.12. The molecule has 3 heterocycles. The molecule has 0 aliphatic carbocycles. The van der Waals surface area contributed by atoms with Gasteiger partial charge in [-0.15, -0.1) is 0 Å². The van der Waals surface area contributed by atoms with E-state index in [1.807, 2.05) is 20.0 Å². The van der Waals surface area contributed by atoms with Crippen LogP contribution in [0.1, 0.15) is 55.3 Å². The third-order valence-corrected chi connectivity index (χ3v) is 3.68. The lowest BCUT2D eigenvalue weighted by Gasteiger charge is -2.20. The molecule has 7 nitrogen and oxygen atoms in total. The number of aromatic carboxylic acids is 1. The minimum Gasteiger partial charge on any atom is -0.490 e. The van der Waals surface area contributed by atoms with Crippen LogP contribution in [0.15, 0.2) is 18.5 Å². The minimum atomic E-state index is -1.01. The summed E-state index contributed by atoms with van der Waals surface area (Å²) in [6.45, 7) is 4.48. The molecule has 1 saturated heterocycles. The van der Waals surface area contributed by atoms with Crippen molar-refractivity contribution in [2.45, 2.75) is 45.3 Å². The van der Waals surface area contributed by atoms with Crippen molar-refractivity contribution in [2.75, 3.05) is 13.7 Å². The van der Waals surface area contributed by atoms with Gasteiger partial charge in [0.1, 0.15) is 23.1 Å². The van der Waals surface area contributed by atoms with Crippen LogP contribution < -0.4 is 4.74 Å². The van der Waals surface area contributed by atoms with E-state index in [2.05, 4.69) is 4.98 Å². The van der Waals surface area contributed by atoms with E-state index in [0.29, 0.717) is 11.4 Å². The number of hydrogen-bond donors (Lipinski definition) is 2. The largest absolute Gasteiger partial charge is 0.490 e. The zero-order chi connectivity index (χ0) is 17.7. The van der Waals surface area contributed by atoms with Crippen molar-refractivity contribution in [3.63, 3.8) is 0 Å². The molecular weight excluding hydrogens is 312 g/mol. The van der Waals surface area contributed by atoms with Gasteiger partial charge in [0.15, 0.2) is 0 Å². The number of imidazole rings is 1. The lowest BCUT2D eigenvalue weighted by molar-refractivity contribution is 0.0126. The summed E-state index contributed by atoms with van der Waals surface area (Å²) in [4.78, 5) is 16.0. The molecular formula is C17H24N2O5. The normalized spacial score (nSPS) is 17.5. The molecule has 0 aromatic carbocycles. The lowest BCUT2D eigenvalue weighted by atomic mass is 10.1. The summed E-state index contributed by atoms with van der Waals surface area (Å²) in [5.74, 6) is -0.668. The summed E-state index contributed by atoms with van der Waals surface area (Å²) in [7, 11) is 1.00. The minimum absolute atomic E-state index is 0.00334. The molecule has 1 aliphatic rings. The van der Waals surface area contributed by atoms with Crippen LogP contribution in [0.25, 0.3) is 5.65 Å². The fourth-order valence-corrected chi connectivity index (χ4v) is 2.68. The monoisotopic (exact) mass is 336 g/mol. The fraction of sp³-hybridized carbons (Fsp3) is 0.529. The Hall–Kier alpha value is -2.12. The number of aliphatic hydroxyl groups excluding tert-OH is 1. The predicted molar refractivity (Wildman–Crippen MR) is 88.6 cm³/mol. The molecule has 0 amide bonds. The van der Waals surface area contributed by atoms with Crippen LogP contribution in [0.3, 0.4) is 0 Å². The van der Waals surface area contributed by atoms with Gasteiger partial charge in [-0.1, -0.05) is 0 Å². The third kappa shape index (κ3) is 4.04. The molecule has 3 rings (SSSR count). The first kappa shape index (κ1) is 18.2. The molecule has 2 aromatic heterocycles. The molecule has 1 aliphatic heterocycles. The van der Waals surface area contributed by atoms with Crippen molar-refractivity contribution in [3.8, 4) is 5.75 Å². The van der Waals surface area contributed by atoms with Gasteiger partial charge in [-0.2, -0.15) is 0 Å². The summed E-state index contributed by atoms with van der Waals surface area (Å²) in [5.41, 5.74) is 1.65. The Morgan fingerprint density at radius 1 is 1.38 bits per heavy atom. The molecule has 2 N–H and O–H groups in total. The third-order valence-electron chi connectivity index (χ3n) is 3.68. The van der Waals surface area contributed by atoms with Crippen LogP contribution in [0.4, 0.5) is 0 Å². The number of fused-ring (bicyclic) bond motifs is 1. The number of hydrogen-bond acceptors (Lipinski definition) is 5. The highest BCUT2D eigenvalue weighted by Gasteiger charge is 2.21. The summed E-state index contributed by atoms with van der Waals surface area (Å²) in [5, 5.41) is 16.4. The highest BCUT2D eigenvalue weighted by atomic mass is 16.5. The summed E-state index contributed by atoms with van der Waals surface area (Å²) < 4.78 is 13.1. The standard InChI is InChI=1S/C16H20N2O4.CH4O/c1-10(2)22-14-7-15-17-12(13-5-3-4-6-21-13)9-18(15)8-11(14)16(19)20;1-2/h7-10,13H,3-6H2,1-2H3,(H,19,20);2H,1H3. The Kier molecular flexibility index (Phi) is 6.16. The van der Waals surface area contributed by atoms with Crippen molar-refractivity contribution in [1.82, 2.24) is 9.38 Å². The Labute approximate surface area is 140 Å². The first-order valence-electron chi connectivity index (χ1n) is 8.03. The highest BCUT2D eigenvalue weighted by Crippen LogP contribution is 2.29. The molecule has 7 heteroatoms. The summed E-state index contributed by atoms with van der Waals surface area (Å²) >= 11 is 0. The quantitative estimate of drug-likeness (QED) is 0.891. The molecule has 1 unspecified atom stereocenters. The molecule has 1 fully saturated rings. The lowest BCUT2D eigenvalue weighted by Crippen LogP contribution is -2.11.